The lowest BCUT2D eigenvalue weighted by atomic mass is 10.1. The van der Waals surface area contributed by atoms with E-state index >= 15 is 0 Å². The molecule has 1 aromatic carbocycles. The van der Waals surface area contributed by atoms with Crippen LogP contribution in [0.4, 0.5) is 4.39 Å². The van der Waals surface area contributed by atoms with Crippen LogP contribution in [0.1, 0.15) is 24.8 Å². The van der Waals surface area contributed by atoms with Gasteiger partial charge in [-0.2, -0.15) is 5.21 Å². The third kappa shape index (κ3) is 3.92. The molecule has 1 aromatic heterocycles. The van der Waals surface area contributed by atoms with Gasteiger partial charge in [0.15, 0.2) is 0 Å². The van der Waals surface area contributed by atoms with E-state index in [1.807, 2.05) is 12.1 Å². The molecule has 1 saturated heterocycles. The number of nitrogens with zero attached hydrogens (tertiary/aromatic N) is 5. The lowest BCUT2D eigenvalue weighted by Crippen LogP contribution is -2.32. The smallest absolute Gasteiger partial charge is 0.204 e. The summed E-state index contributed by atoms with van der Waals surface area (Å²) in [6, 6.07) is 5.73. The van der Waals surface area contributed by atoms with Gasteiger partial charge in [-0.05, 0) is 57.7 Å². The topological polar surface area (TPSA) is 60.9 Å². The summed E-state index contributed by atoms with van der Waals surface area (Å²) in [5.74, 6) is 0.214. The minimum Gasteiger partial charge on any atom is -0.309 e. The molecule has 1 atom stereocenters. The molecule has 0 saturated carbocycles. The van der Waals surface area contributed by atoms with Crippen molar-refractivity contribution in [1.29, 1.82) is 0 Å². The molecule has 3 rings (SSSR count). The van der Waals surface area contributed by atoms with Gasteiger partial charge in [0.1, 0.15) is 5.82 Å². The fourth-order valence-corrected chi connectivity index (χ4v) is 3.15. The van der Waals surface area contributed by atoms with Crippen molar-refractivity contribution in [2.45, 2.75) is 31.8 Å². The molecule has 0 aliphatic carbocycles. The van der Waals surface area contributed by atoms with Gasteiger partial charge < -0.3 is 4.90 Å². The van der Waals surface area contributed by atoms with Gasteiger partial charge in [0.25, 0.3) is 0 Å². The highest BCUT2D eigenvalue weighted by Crippen LogP contribution is 2.25. The van der Waals surface area contributed by atoms with Crippen LogP contribution >= 0.6 is 0 Å². The summed E-state index contributed by atoms with van der Waals surface area (Å²) < 4.78 is 14.4. The first-order chi connectivity index (χ1) is 11.1. The second kappa shape index (κ2) is 7.14. The highest BCUT2D eigenvalue weighted by molar-refractivity contribution is 5.54. The molecule has 2 aromatic rings. The van der Waals surface area contributed by atoms with Crippen LogP contribution in [0.25, 0.3) is 11.4 Å². The van der Waals surface area contributed by atoms with Crippen molar-refractivity contribution in [1.82, 2.24) is 30.4 Å². The largest absolute Gasteiger partial charge is 0.309 e. The Morgan fingerprint density at radius 1 is 1.39 bits per heavy atom. The predicted molar refractivity (Wildman–Crippen MR) is 86.2 cm³/mol. The van der Waals surface area contributed by atoms with E-state index < -0.39 is 0 Å². The second-order valence-electron chi connectivity index (χ2n) is 6.40. The van der Waals surface area contributed by atoms with Gasteiger partial charge >= 0.3 is 0 Å². The lowest BCUT2D eigenvalue weighted by molar-refractivity contribution is 0.215. The molecule has 1 aliphatic heterocycles. The Bertz CT molecular complexity index is 628. The summed E-state index contributed by atoms with van der Waals surface area (Å²) in [6.07, 6.45) is 3.53. The number of rotatable bonds is 6. The van der Waals surface area contributed by atoms with Crippen LogP contribution in [0, 0.1) is 5.82 Å². The SMILES string of the molecule is CN(C)CCC1CCCN1Cc1ccc(-c2nn[nH]n2)cc1F. The first-order valence-electron chi connectivity index (χ1n) is 8.04. The van der Waals surface area contributed by atoms with E-state index in [0.29, 0.717) is 24.0 Å². The van der Waals surface area contributed by atoms with E-state index in [1.54, 1.807) is 0 Å². The van der Waals surface area contributed by atoms with Gasteiger partial charge in [0, 0.05) is 23.7 Å². The average Bonchev–Trinajstić information content (AvgIpc) is 3.18. The van der Waals surface area contributed by atoms with Crippen molar-refractivity contribution in [2.24, 2.45) is 0 Å². The molecular formula is C16H23FN6. The van der Waals surface area contributed by atoms with Crippen LogP contribution in [-0.2, 0) is 6.54 Å². The Hall–Kier alpha value is -1.86. The Labute approximate surface area is 135 Å². The molecule has 1 unspecified atom stereocenters. The quantitative estimate of drug-likeness (QED) is 0.882. The first kappa shape index (κ1) is 16.0. The average molecular weight is 318 g/mol. The number of halogens is 1. The van der Waals surface area contributed by atoms with E-state index in [4.69, 9.17) is 0 Å². The maximum absolute atomic E-state index is 14.4. The summed E-state index contributed by atoms with van der Waals surface area (Å²) in [6.45, 7) is 2.78. The molecule has 0 amide bonds. The Morgan fingerprint density at radius 3 is 2.96 bits per heavy atom. The van der Waals surface area contributed by atoms with Crippen LogP contribution in [0.15, 0.2) is 18.2 Å². The number of aromatic nitrogens is 4. The molecule has 7 heteroatoms. The van der Waals surface area contributed by atoms with E-state index in [9.17, 15) is 4.39 Å². The van der Waals surface area contributed by atoms with Crippen molar-refractivity contribution >= 4 is 0 Å². The minimum absolute atomic E-state index is 0.203. The zero-order valence-electron chi connectivity index (χ0n) is 13.7. The third-order valence-corrected chi connectivity index (χ3v) is 4.44. The van der Waals surface area contributed by atoms with E-state index in [1.165, 1.54) is 18.9 Å². The number of aromatic amines is 1. The number of hydrogen-bond donors (Lipinski definition) is 1. The summed E-state index contributed by atoms with van der Waals surface area (Å²) >= 11 is 0. The number of tetrazole rings is 1. The number of benzene rings is 1. The number of H-pyrrole nitrogens is 1. The summed E-state index contributed by atoms with van der Waals surface area (Å²) in [4.78, 5) is 4.60. The number of hydrogen-bond acceptors (Lipinski definition) is 5. The van der Waals surface area contributed by atoms with Gasteiger partial charge in [-0.15, -0.1) is 10.2 Å². The molecule has 1 aliphatic rings. The van der Waals surface area contributed by atoms with Gasteiger partial charge in [0.2, 0.25) is 5.82 Å². The maximum atomic E-state index is 14.4. The Balaban J connectivity index is 1.67. The van der Waals surface area contributed by atoms with E-state index in [2.05, 4.69) is 44.5 Å². The van der Waals surface area contributed by atoms with Crippen LogP contribution in [0.3, 0.4) is 0 Å². The fraction of sp³-hybridized carbons (Fsp3) is 0.562. The zero-order chi connectivity index (χ0) is 16.2. The van der Waals surface area contributed by atoms with E-state index in [-0.39, 0.29) is 5.82 Å². The lowest BCUT2D eigenvalue weighted by Gasteiger charge is -2.26. The number of likely N-dealkylation sites (tertiary alicyclic amines) is 1. The third-order valence-electron chi connectivity index (χ3n) is 4.44. The van der Waals surface area contributed by atoms with Crippen molar-refractivity contribution in [3.05, 3.63) is 29.6 Å². The van der Waals surface area contributed by atoms with Crippen LogP contribution in [0.5, 0.6) is 0 Å². The molecule has 0 bridgehead atoms. The summed E-state index contributed by atoms with van der Waals surface area (Å²) in [5, 5.41) is 13.7. The molecule has 2 heterocycles. The molecule has 0 spiro atoms. The van der Waals surface area contributed by atoms with E-state index in [0.717, 1.165) is 25.1 Å². The molecule has 124 valence electrons. The second-order valence-corrected chi connectivity index (χ2v) is 6.40. The van der Waals surface area contributed by atoms with Gasteiger partial charge in [0.05, 0.1) is 0 Å². The molecular weight excluding hydrogens is 295 g/mol. The molecule has 1 fully saturated rings. The minimum atomic E-state index is -0.203. The Kier molecular flexibility index (Phi) is 4.97. The van der Waals surface area contributed by atoms with Crippen LogP contribution < -0.4 is 0 Å². The maximum Gasteiger partial charge on any atom is 0.204 e. The monoisotopic (exact) mass is 318 g/mol. The van der Waals surface area contributed by atoms with Crippen molar-refractivity contribution in [2.75, 3.05) is 27.2 Å². The normalized spacial score (nSPS) is 18.9. The summed E-state index contributed by atoms with van der Waals surface area (Å²) in [7, 11) is 4.19. The summed E-state index contributed by atoms with van der Waals surface area (Å²) in [5.41, 5.74) is 1.37. The highest BCUT2D eigenvalue weighted by Gasteiger charge is 2.25. The predicted octanol–water partition coefficient (Wildman–Crippen LogP) is 1.92. The molecule has 6 nitrogen and oxygen atoms in total. The van der Waals surface area contributed by atoms with Crippen molar-refractivity contribution in [3.63, 3.8) is 0 Å². The van der Waals surface area contributed by atoms with Gasteiger partial charge in [-0.1, -0.05) is 12.1 Å². The Morgan fingerprint density at radius 2 is 2.26 bits per heavy atom. The van der Waals surface area contributed by atoms with Crippen molar-refractivity contribution < 1.29 is 4.39 Å². The molecule has 1 N–H and O–H groups in total. The van der Waals surface area contributed by atoms with Crippen LogP contribution in [0.2, 0.25) is 0 Å². The van der Waals surface area contributed by atoms with Gasteiger partial charge in [-0.3, -0.25) is 4.90 Å². The fourth-order valence-electron chi connectivity index (χ4n) is 3.15. The van der Waals surface area contributed by atoms with Crippen molar-refractivity contribution in [3.8, 4) is 11.4 Å². The number of nitrogens with one attached hydrogen (secondary N) is 1. The van der Waals surface area contributed by atoms with Gasteiger partial charge in [-0.25, -0.2) is 4.39 Å². The van der Waals surface area contributed by atoms with Crippen LogP contribution in [-0.4, -0.2) is 63.7 Å². The molecule has 0 radical (unpaired) electrons. The molecule has 23 heavy (non-hydrogen) atoms. The standard InChI is InChI=1S/C16H23FN6/c1-22(2)9-7-14-4-3-8-23(14)11-13-6-5-12(10-15(13)17)16-18-20-21-19-16/h5-6,10,14H,3-4,7-9,11H2,1-2H3,(H,18,19,20,21). The highest BCUT2D eigenvalue weighted by atomic mass is 19.1. The first-order valence-corrected chi connectivity index (χ1v) is 8.04. The zero-order valence-corrected chi connectivity index (χ0v) is 13.7.